The number of imidazole rings is 1. The van der Waals surface area contributed by atoms with E-state index in [1.807, 2.05) is 18.2 Å². The Bertz CT molecular complexity index is 1070. The van der Waals surface area contributed by atoms with Crippen molar-refractivity contribution in [2.45, 2.75) is 6.54 Å². The van der Waals surface area contributed by atoms with Crippen molar-refractivity contribution in [1.82, 2.24) is 19.4 Å². The van der Waals surface area contributed by atoms with E-state index >= 15 is 0 Å². The third-order valence-electron chi connectivity index (χ3n) is 5.67. The highest BCUT2D eigenvalue weighted by atomic mass is 16.5. The van der Waals surface area contributed by atoms with Crippen molar-refractivity contribution in [2.75, 3.05) is 45.2 Å². The summed E-state index contributed by atoms with van der Waals surface area (Å²) in [6, 6.07) is 14.9. The van der Waals surface area contributed by atoms with Crippen LogP contribution in [0.2, 0.25) is 0 Å². The number of carbonyl (C=O) groups is 2. The molecule has 2 heterocycles. The summed E-state index contributed by atoms with van der Waals surface area (Å²) in [5, 5.41) is 2.89. The quantitative estimate of drug-likeness (QED) is 0.614. The molecule has 3 aromatic rings. The molecule has 1 saturated heterocycles. The van der Waals surface area contributed by atoms with Crippen molar-refractivity contribution in [3.63, 3.8) is 0 Å². The first-order valence-corrected chi connectivity index (χ1v) is 10.4. The number of anilines is 1. The minimum absolute atomic E-state index is 0.0605. The van der Waals surface area contributed by atoms with Crippen molar-refractivity contribution >= 4 is 28.6 Å². The number of hydrogen-bond acceptors (Lipinski definition) is 6. The van der Waals surface area contributed by atoms with Crippen LogP contribution in [0.1, 0.15) is 16.2 Å². The topological polar surface area (TPSA) is 79.7 Å². The Hall–Kier alpha value is -3.23. The van der Waals surface area contributed by atoms with E-state index < -0.39 is 5.97 Å². The number of carbonyl (C=O) groups excluding carboxylic acids is 2. The molecule has 0 unspecified atom stereocenters. The number of esters is 1. The number of nitrogens with one attached hydrogen (secondary N) is 1. The van der Waals surface area contributed by atoms with E-state index in [-0.39, 0.29) is 5.91 Å². The maximum atomic E-state index is 12.4. The van der Waals surface area contributed by atoms with Crippen LogP contribution in [0.3, 0.4) is 0 Å². The second kappa shape index (κ2) is 9.28. The Morgan fingerprint density at radius 2 is 1.68 bits per heavy atom. The first-order chi connectivity index (χ1) is 15.0. The third kappa shape index (κ3) is 4.92. The molecule has 8 heteroatoms. The van der Waals surface area contributed by atoms with Crippen LogP contribution in [0.25, 0.3) is 11.0 Å². The second-order valence-electron chi connectivity index (χ2n) is 7.75. The summed E-state index contributed by atoms with van der Waals surface area (Å²) in [6.45, 7) is 4.60. The van der Waals surface area contributed by atoms with Crippen LogP contribution in [0.5, 0.6) is 0 Å². The number of nitrogens with zero attached hydrogens (tertiary/aromatic N) is 4. The van der Waals surface area contributed by atoms with Gasteiger partial charge in [-0.25, -0.2) is 9.78 Å². The maximum absolute atomic E-state index is 12.4. The summed E-state index contributed by atoms with van der Waals surface area (Å²) >= 11 is 0. The summed E-state index contributed by atoms with van der Waals surface area (Å²) < 4.78 is 6.84. The number of hydrogen-bond donors (Lipinski definition) is 1. The standard InChI is InChI=1S/C23H27N5O3/c1-26-20-6-4-3-5-19(20)25-21(26)15-27-11-13-28(14-12-27)16-22(29)24-18-9-7-17(8-10-18)23(30)31-2/h3-10H,11-16H2,1-2H3,(H,24,29). The number of rotatable bonds is 6. The summed E-state index contributed by atoms with van der Waals surface area (Å²) in [6.07, 6.45) is 0. The van der Waals surface area contributed by atoms with E-state index in [1.54, 1.807) is 24.3 Å². The van der Waals surface area contributed by atoms with E-state index in [9.17, 15) is 9.59 Å². The first-order valence-electron chi connectivity index (χ1n) is 10.4. The number of aryl methyl sites for hydroxylation is 1. The van der Waals surface area contributed by atoms with Gasteiger partial charge in [0.25, 0.3) is 0 Å². The van der Waals surface area contributed by atoms with Gasteiger partial charge < -0.3 is 14.6 Å². The number of piperazine rings is 1. The van der Waals surface area contributed by atoms with Gasteiger partial charge in [0.2, 0.25) is 5.91 Å². The molecule has 0 aliphatic carbocycles. The molecule has 2 aromatic carbocycles. The number of para-hydroxylation sites is 2. The zero-order chi connectivity index (χ0) is 21.8. The molecular weight excluding hydrogens is 394 g/mol. The van der Waals surface area contributed by atoms with E-state index in [0.29, 0.717) is 17.8 Å². The lowest BCUT2D eigenvalue weighted by Gasteiger charge is -2.34. The monoisotopic (exact) mass is 421 g/mol. The summed E-state index contributed by atoms with van der Waals surface area (Å²) in [5.74, 6) is 0.604. The van der Waals surface area contributed by atoms with Crippen LogP contribution in [-0.4, -0.2) is 71.1 Å². The highest BCUT2D eigenvalue weighted by molar-refractivity contribution is 5.94. The molecule has 1 aliphatic heterocycles. The number of aromatic nitrogens is 2. The fourth-order valence-corrected chi connectivity index (χ4v) is 3.85. The zero-order valence-electron chi connectivity index (χ0n) is 17.9. The molecule has 0 atom stereocenters. The van der Waals surface area contributed by atoms with Crippen molar-refractivity contribution in [1.29, 1.82) is 0 Å². The van der Waals surface area contributed by atoms with Crippen molar-refractivity contribution in [3.8, 4) is 0 Å². The molecule has 0 saturated carbocycles. The minimum atomic E-state index is -0.394. The molecule has 1 amide bonds. The maximum Gasteiger partial charge on any atom is 0.337 e. The Balaban J connectivity index is 1.25. The molecule has 0 bridgehead atoms. The molecule has 1 N–H and O–H groups in total. The predicted octanol–water partition coefficient (Wildman–Crippen LogP) is 2.12. The van der Waals surface area contributed by atoms with E-state index in [1.165, 1.54) is 7.11 Å². The average molecular weight is 422 g/mol. The molecule has 1 fully saturated rings. The second-order valence-corrected chi connectivity index (χ2v) is 7.75. The summed E-state index contributed by atoms with van der Waals surface area (Å²) in [7, 11) is 3.40. The lowest BCUT2D eigenvalue weighted by Crippen LogP contribution is -2.48. The molecule has 31 heavy (non-hydrogen) atoms. The number of ether oxygens (including phenoxy) is 1. The number of fused-ring (bicyclic) bond motifs is 1. The largest absolute Gasteiger partial charge is 0.465 e. The van der Waals surface area contributed by atoms with Crippen molar-refractivity contribution in [3.05, 3.63) is 59.9 Å². The Morgan fingerprint density at radius 1 is 1.00 bits per heavy atom. The van der Waals surface area contributed by atoms with Gasteiger partial charge in [-0.05, 0) is 36.4 Å². The SMILES string of the molecule is COC(=O)c1ccc(NC(=O)CN2CCN(Cc3nc4ccccc4n3C)CC2)cc1. The van der Waals surface area contributed by atoms with Gasteiger partial charge in [-0.3, -0.25) is 14.6 Å². The molecule has 0 spiro atoms. The first kappa shape index (κ1) is 21.0. The van der Waals surface area contributed by atoms with Gasteiger partial charge in [0, 0.05) is 38.9 Å². The van der Waals surface area contributed by atoms with E-state index in [2.05, 4.69) is 37.5 Å². The van der Waals surface area contributed by atoms with Gasteiger partial charge in [0.1, 0.15) is 5.82 Å². The fourth-order valence-electron chi connectivity index (χ4n) is 3.85. The highest BCUT2D eigenvalue weighted by Crippen LogP contribution is 2.16. The third-order valence-corrected chi connectivity index (χ3v) is 5.67. The normalized spacial score (nSPS) is 15.2. The molecule has 1 aliphatic rings. The van der Waals surface area contributed by atoms with Gasteiger partial charge in [0.05, 0.1) is 36.8 Å². The Labute approximate surface area is 181 Å². The zero-order valence-corrected chi connectivity index (χ0v) is 17.9. The highest BCUT2D eigenvalue weighted by Gasteiger charge is 2.21. The smallest absolute Gasteiger partial charge is 0.337 e. The van der Waals surface area contributed by atoms with Gasteiger partial charge in [-0.2, -0.15) is 0 Å². The van der Waals surface area contributed by atoms with Crippen molar-refractivity contribution < 1.29 is 14.3 Å². The lowest BCUT2D eigenvalue weighted by molar-refractivity contribution is -0.117. The van der Waals surface area contributed by atoms with Crippen molar-refractivity contribution in [2.24, 2.45) is 7.05 Å². The van der Waals surface area contributed by atoms with Gasteiger partial charge >= 0.3 is 5.97 Å². The molecule has 8 nitrogen and oxygen atoms in total. The van der Waals surface area contributed by atoms with Gasteiger partial charge in [0.15, 0.2) is 0 Å². The van der Waals surface area contributed by atoms with Gasteiger partial charge in [-0.1, -0.05) is 12.1 Å². The van der Waals surface area contributed by atoms with E-state index in [4.69, 9.17) is 4.98 Å². The van der Waals surface area contributed by atoms with Crippen LogP contribution in [0.4, 0.5) is 5.69 Å². The Morgan fingerprint density at radius 3 is 2.35 bits per heavy atom. The number of benzene rings is 2. The van der Waals surface area contributed by atoms with Crippen LogP contribution < -0.4 is 5.32 Å². The molecule has 4 rings (SSSR count). The van der Waals surface area contributed by atoms with Crippen LogP contribution >= 0.6 is 0 Å². The van der Waals surface area contributed by atoms with Crippen LogP contribution in [0.15, 0.2) is 48.5 Å². The Kier molecular flexibility index (Phi) is 6.29. The average Bonchev–Trinajstić information content (AvgIpc) is 3.10. The fraction of sp³-hybridized carbons (Fsp3) is 0.348. The van der Waals surface area contributed by atoms with E-state index in [0.717, 1.165) is 49.6 Å². The molecule has 1 aromatic heterocycles. The number of amides is 1. The molecular formula is C23H27N5O3. The molecule has 162 valence electrons. The lowest BCUT2D eigenvalue weighted by atomic mass is 10.2. The predicted molar refractivity (Wildman–Crippen MR) is 119 cm³/mol. The van der Waals surface area contributed by atoms with Crippen LogP contribution in [-0.2, 0) is 23.1 Å². The van der Waals surface area contributed by atoms with Gasteiger partial charge in [-0.15, -0.1) is 0 Å². The summed E-state index contributed by atoms with van der Waals surface area (Å²) in [5.41, 5.74) is 3.29. The minimum Gasteiger partial charge on any atom is -0.465 e. The van der Waals surface area contributed by atoms with Crippen LogP contribution in [0, 0.1) is 0 Å². The molecule has 0 radical (unpaired) electrons. The number of methoxy groups -OCH3 is 1. The summed E-state index contributed by atoms with van der Waals surface area (Å²) in [4.78, 5) is 33.2.